The molecular formula is C13H10F2N2O2. The Kier molecular flexibility index (Phi) is 2.58. The largest absolute Gasteiger partial charge is 0.476 e. The lowest BCUT2D eigenvalue weighted by Crippen LogP contribution is -2.05. The molecule has 0 atom stereocenters. The van der Waals surface area contributed by atoms with Gasteiger partial charge >= 0.3 is 5.97 Å². The van der Waals surface area contributed by atoms with Gasteiger partial charge in [-0.15, -0.1) is 0 Å². The fourth-order valence-electron chi connectivity index (χ4n) is 2.48. The van der Waals surface area contributed by atoms with Gasteiger partial charge in [0.2, 0.25) is 0 Å². The van der Waals surface area contributed by atoms with Crippen LogP contribution in [0, 0.1) is 11.6 Å². The van der Waals surface area contributed by atoms with E-state index in [-0.39, 0.29) is 11.4 Å². The number of aromatic nitrogens is 2. The van der Waals surface area contributed by atoms with Crippen molar-refractivity contribution in [2.45, 2.75) is 19.3 Å². The number of nitrogens with zero attached hydrogens (tertiary/aromatic N) is 2. The van der Waals surface area contributed by atoms with E-state index in [2.05, 4.69) is 5.10 Å². The maximum Gasteiger partial charge on any atom is 0.356 e. The molecule has 3 rings (SSSR count). The van der Waals surface area contributed by atoms with Crippen LogP contribution in [0.5, 0.6) is 0 Å². The van der Waals surface area contributed by atoms with Gasteiger partial charge in [-0.05, 0) is 31.4 Å². The van der Waals surface area contributed by atoms with E-state index in [4.69, 9.17) is 5.11 Å². The molecule has 1 heterocycles. The van der Waals surface area contributed by atoms with Gasteiger partial charge in [0, 0.05) is 17.3 Å². The van der Waals surface area contributed by atoms with Crippen LogP contribution in [0.1, 0.15) is 28.2 Å². The number of carboxylic acid groups (broad SMARTS) is 1. The summed E-state index contributed by atoms with van der Waals surface area (Å²) in [5.41, 5.74) is 1.57. The highest BCUT2D eigenvalue weighted by Crippen LogP contribution is 2.28. The zero-order valence-corrected chi connectivity index (χ0v) is 9.86. The highest BCUT2D eigenvalue weighted by Gasteiger charge is 2.26. The number of benzene rings is 1. The first kappa shape index (κ1) is 11.8. The molecule has 19 heavy (non-hydrogen) atoms. The van der Waals surface area contributed by atoms with Gasteiger partial charge in [-0.2, -0.15) is 5.10 Å². The van der Waals surface area contributed by atoms with Crippen LogP contribution >= 0.6 is 0 Å². The van der Waals surface area contributed by atoms with Gasteiger partial charge in [0.05, 0.1) is 5.69 Å². The Morgan fingerprint density at radius 1 is 1.21 bits per heavy atom. The molecule has 0 saturated carbocycles. The second-order valence-corrected chi connectivity index (χ2v) is 4.47. The Balaban J connectivity index is 2.20. The summed E-state index contributed by atoms with van der Waals surface area (Å²) in [6.45, 7) is 0. The van der Waals surface area contributed by atoms with E-state index < -0.39 is 17.6 Å². The third-order valence-corrected chi connectivity index (χ3v) is 3.22. The first-order chi connectivity index (χ1) is 9.06. The lowest BCUT2D eigenvalue weighted by atomic mass is 10.2. The molecule has 0 amide bonds. The van der Waals surface area contributed by atoms with E-state index in [0.29, 0.717) is 18.4 Å². The van der Waals surface area contributed by atoms with Crippen LogP contribution in [-0.2, 0) is 12.8 Å². The van der Waals surface area contributed by atoms with Crippen LogP contribution in [0.4, 0.5) is 8.78 Å². The van der Waals surface area contributed by atoms with Crippen molar-refractivity contribution in [3.8, 4) is 5.69 Å². The number of hydrogen-bond acceptors (Lipinski definition) is 2. The van der Waals surface area contributed by atoms with Crippen molar-refractivity contribution >= 4 is 5.97 Å². The lowest BCUT2D eigenvalue weighted by molar-refractivity contribution is 0.0689. The van der Waals surface area contributed by atoms with Gasteiger partial charge in [-0.3, -0.25) is 0 Å². The molecule has 4 nitrogen and oxygen atoms in total. The van der Waals surface area contributed by atoms with Crippen LogP contribution in [0.2, 0.25) is 0 Å². The topological polar surface area (TPSA) is 55.1 Å². The van der Waals surface area contributed by atoms with Crippen LogP contribution in [0.3, 0.4) is 0 Å². The van der Waals surface area contributed by atoms with Crippen molar-refractivity contribution in [1.82, 2.24) is 9.78 Å². The van der Waals surface area contributed by atoms with E-state index >= 15 is 0 Å². The van der Waals surface area contributed by atoms with E-state index in [1.165, 1.54) is 4.68 Å². The third-order valence-electron chi connectivity index (χ3n) is 3.22. The summed E-state index contributed by atoms with van der Waals surface area (Å²) in [5.74, 6) is -2.54. The molecule has 98 valence electrons. The Labute approximate surface area is 107 Å². The molecule has 0 bridgehead atoms. The number of aromatic carboxylic acids is 1. The molecule has 1 N–H and O–H groups in total. The summed E-state index contributed by atoms with van der Waals surface area (Å²) < 4.78 is 27.8. The number of halogens is 2. The van der Waals surface area contributed by atoms with Crippen LogP contribution in [0.25, 0.3) is 5.69 Å². The van der Waals surface area contributed by atoms with E-state index in [9.17, 15) is 13.6 Å². The fourth-order valence-corrected chi connectivity index (χ4v) is 2.48. The standard InChI is InChI=1S/C13H10F2N2O2/c14-7-4-8(15)6-9(5-7)17-11-3-1-2-10(11)12(16-17)13(18)19/h4-6H,1-3H2,(H,18,19). The minimum Gasteiger partial charge on any atom is -0.476 e. The Bertz CT molecular complexity index is 659. The molecule has 1 aliphatic carbocycles. The predicted octanol–water partition coefficient (Wildman–Crippen LogP) is 2.34. The number of fused-ring (bicyclic) bond motifs is 1. The predicted molar refractivity (Wildman–Crippen MR) is 62.5 cm³/mol. The lowest BCUT2D eigenvalue weighted by Gasteiger charge is -2.05. The molecule has 0 radical (unpaired) electrons. The normalized spacial score (nSPS) is 13.6. The maximum atomic E-state index is 13.2. The molecule has 1 aromatic heterocycles. The summed E-state index contributed by atoms with van der Waals surface area (Å²) in [5, 5.41) is 13.1. The number of carbonyl (C=O) groups is 1. The van der Waals surface area contributed by atoms with Gasteiger partial charge in [0.25, 0.3) is 0 Å². The molecule has 1 aliphatic rings. The van der Waals surface area contributed by atoms with Crippen molar-refractivity contribution in [2.24, 2.45) is 0 Å². The minimum atomic E-state index is -1.12. The average molecular weight is 264 g/mol. The summed E-state index contributed by atoms with van der Waals surface area (Å²) in [6.07, 6.45) is 2.12. The number of hydrogen-bond donors (Lipinski definition) is 1. The highest BCUT2D eigenvalue weighted by atomic mass is 19.1. The van der Waals surface area contributed by atoms with Crippen LogP contribution in [-0.4, -0.2) is 20.9 Å². The van der Waals surface area contributed by atoms with Crippen molar-refractivity contribution in [3.05, 3.63) is 46.8 Å². The van der Waals surface area contributed by atoms with E-state index in [1.807, 2.05) is 0 Å². The molecule has 0 unspecified atom stereocenters. The van der Waals surface area contributed by atoms with Gasteiger partial charge < -0.3 is 5.11 Å². The zero-order chi connectivity index (χ0) is 13.6. The minimum absolute atomic E-state index is 0.0304. The quantitative estimate of drug-likeness (QED) is 0.905. The Hall–Kier alpha value is -2.24. The second-order valence-electron chi connectivity index (χ2n) is 4.47. The zero-order valence-electron chi connectivity index (χ0n) is 9.86. The maximum absolute atomic E-state index is 13.2. The molecule has 0 saturated heterocycles. The average Bonchev–Trinajstić information content (AvgIpc) is 2.86. The molecule has 0 aliphatic heterocycles. The Morgan fingerprint density at radius 2 is 1.89 bits per heavy atom. The SMILES string of the molecule is O=C(O)c1nn(-c2cc(F)cc(F)c2)c2c1CCC2. The van der Waals surface area contributed by atoms with Crippen molar-refractivity contribution < 1.29 is 18.7 Å². The highest BCUT2D eigenvalue weighted by molar-refractivity contribution is 5.87. The molecular weight excluding hydrogens is 254 g/mol. The van der Waals surface area contributed by atoms with Crippen LogP contribution in [0.15, 0.2) is 18.2 Å². The summed E-state index contributed by atoms with van der Waals surface area (Å²) in [7, 11) is 0. The van der Waals surface area contributed by atoms with Gasteiger partial charge in [-0.25, -0.2) is 18.3 Å². The van der Waals surface area contributed by atoms with E-state index in [1.54, 1.807) is 0 Å². The monoisotopic (exact) mass is 264 g/mol. The molecule has 6 heteroatoms. The summed E-state index contributed by atoms with van der Waals surface area (Å²) in [4.78, 5) is 11.1. The second kappa shape index (κ2) is 4.15. The number of rotatable bonds is 2. The molecule has 0 fully saturated rings. The molecule has 1 aromatic carbocycles. The Morgan fingerprint density at radius 3 is 2.53 bits per heavy atom. The molecule has 2 aromatic rings. The number of carboxylic acids is 1. The van der Waals surface area contributed by atoms with Crippen molar-refractivity contribution in [2.75, 3.05) is 0 Å². The summed E-state index contributed by atoms with van der Waals surface area (Å²) >= 11 is 0. The smallest absolute Gasteiger partial charge is 0.356 e. The van der Waals surface area contributed by atoms with Gasteiger partial charge in [-0.1, -0.05) is 0 Å². The first-order valence-electron chi connectivity index (χ1n) is 5.87. The molecule has 0 spiro atoms. The van der Waals surface area contributed by atoms with Gasteiger partial charge in [0.15, 0.2) is 5.69 Å². The summed E-state index contributed by atoms with van der Waals surface area (Å²) in [6, 6.07) is 3.05. The fraction of sp³-hybridized carbons (Fsp3) is 0.231. The van der Waals surface area contributed by atoms with E-state index in [0.717, 1.165) is 30.3 Å². The first-order valence-corrected chi connectivity index (χ1v) is 5.87. The van der Waals surface area contributed by atoms with Crippen LogP contribution < -0.4 is 0 Å². The van der Waals surface area contributed by atoms with Crippen molar-refractivity contribution in [3.63, 3.8) is 0 Å². The van der Waals surface area contributed by atoms with Crippen molar-refractivity contribution in [1.29, 1.82) is 0 Å². The third kappa shape index (κ3) is 1.89. The van der Waals surface area contributed by atoms with Gasteiger partial charge in [0.1, 0.15) is 11.6 Å².